The Balaban J connectivity index is 3.00. The highest BCUT2D eigenvalue weighted by atomic mass is 35.5. The van der Waals surface area contributed by atoms with Gasteiger partial charge in [-0.05, 0) is 24.4 Å². The Kier molecular flexibility index (Phi) is 5.19. The lowest BCUT2D eigenvalue weighted by Gasteiger charge is -2.13. The summed E-state index contributed by atoms with van der Waals surface area (Å²) in [4.78, 5) is 11.6. The fourth-order valence-corrected chi connectivity index (χ4v) is 1.68. The first-order valence-corrected chi connectivity index (χ1v) is 6.34. The molecule has 0 bridgehead atoms. The van der Waals surface area contributed by atoms with E-state index in [-0.39, 0.29) is 16.9 Å². The van der Waals surface area contributed by atoms with Gasteiger partial charge in [-0.1, -0.05) is 37.0 Å². The molecule has 0 saturated carbocycles. The number of carbonyl (C=O) groups excluding carboxylic acids is 1. The van der Waals surface area contributed by atoms with E-state index in [9.17, 15) is 4.79 Å². The molecule has 4 nitrogen and oxygen atoms in total. The first kappa shape index (κ1) is 15.0. The van der Waals surface area contributed by atoms with Gasteiger partial charge in [0.05, 0.1) is 21.4 Å². The first-order valence-electron chi connectivity index (χ1n) is 5.17. The number of amides is 1. The van der Waals surface area contributed by atoms with Crippen LogP contribution in [-0.2, 0) is 4.79 Å². The quantitative estimate of drug-likeness (QED) is 0.750. The average molecular weight is 306 g/mol. The highest BCUT2D eigenvalue weighted by molar-refractivity contribution is 7.80. The molecule has 0 aromatic heterocycles. The molecule has 4 N–H and O–H groups in total. The molecule has 1 aromatic rings. The molecule has 0 heterocycles. The monoisotopic (exact) mass is 305 g/mol. The molecule has 0 aliphatic carbocycles. The number of nitrogens with one attached hydrogen (secondary N) is 2. The summed E-state index contributed by atoms with van der Waals surface area (Å²) in [6.07, 6.45) is 0. The summed E-state index contributed by atoms with van der Waals surface area (Å²) in [5.41, 5.74) is 6.30. The van der Waals surface area contributed by atoms with E-state index in [1.807, 2.05) is 0 Å². The van der Waals surface area contributed by atoms with Gasteiger partial charge in [0.1, 0.15) is 0 Å². The zero-order valence-corrected chi connectivity index (χ0v) is 12.2. The molecule has 0 unspecified atom stereocenters. The van der Waals surface area contributed by atoms with Crippen LogP contribution in [0.1, 0.15) is 13.8 Å². The second kappa shape index (κ2) is 6.22. The van der Waals surface area contributed by atoms with E-state index < -0.39 is 0 Å². The highest BCUT2D eigenvalue weighted by Gasteiger charge is 2.12. The number of thiocarbonyl (C=S) groups is 1. The van der Waals surface area contributed by atoms with Crippen LogP contribution in [0.25, 0.3) is 0 Å². The van der Waals surface area contributed by atoms with Crippen LogP contribution in [0.5, 0.6) is 0 Å². The van der Waals surface area contributed by atoms with Crippen LogP contribution in [0.15, 0.2) is 12.1 Å². The number of nitrogens with two attached hydrogens (primary N) is 1. The molecule has 0 spiro atoms. The molecule has 98 valence electrons. The van der Waals surface area contributed by atoms with Crippen LogP contribution in [-0.4, -0.2) is 11.0 Å². The maximum absolute atomic E-state index is 11.6. The second-order valence-corrected chi connectivity index (χ2v) is 5.20. The molecule has 1 amide bonds. The number of benzene rings is 1. The predicted octanol–water partition coefficient (Wildman–Crippen LogP) is 3.24. The third-order valence-corrected chi connectivity index (χ3v) is 2.82. The van der Waals surface area contributed by atoms with Gasteiger partial charge in [0.2, 0.25) is 5.91 Å². The van der Waals surface area contributed by atoms with Crippen molar-refractivity contribution >= 4 is 57.8 Å². The van der Waals surface area contributed by atoms with Crippen LogP contribution in [0.4, 0.5) is 11.4 Å². The normalized spacial score (nSPS) is 10.3. The van der Waals surface area contributed by atoms with E-state index in [0.717, 1.165) is 0 Å². The Morgan fingerprint density at radius 1 is 1.22 bits per heavy atom. The molecule has 1 rings (SSSR count). The van der Waals surface area contributed by atoms with E-state index in [1.165, 1.54) is 0 Å². The Hall–Kier alpha value is -1.04. The highest BCUT2D eigenvalue weighted by Crippen LogP contribution is 2.32. The number of rotatable bonds is 3. The van der Waals surface area contributed by atoms with E-state index in [1.54, 1.807) is 26.0 Å². The van der Waals surface area contributed by atoms with E-state index in [2.05, 4.69) is 10.6 Å². The molecule has 0 aliphatic rings. The maximum atomic E-state index is 11.6. The van der Waals surface area contributed by atoms with Crippen LogP contribution < -0.4 is 16.4 Å². The van der Waals surface area contributed by atoms with E-state index in [4.69, 9.17) is 41.2 Å². The topological polar surface area (TPSA) is 67.2 Å². The van der Waals surface area contributed by atoms with Crippen molar-refractivity contribution in [1.29, 1.82) is 0 Å². The van der Waals surface area contributed by atoms with Gasteiger partial charge in [0.25, 0.3) is 0 Å². The lowest BCUT2D eigenvalue weighted by molar-refractivity contribution is -0.118. The molecule has 0 atom stereocenters. The van der Waals surface area contributed by atoms with Crippen molar-refractivity contribution in [3.63, 3.8) is 0 Å². The molecule has 1 aromatic carbocycles. The van der Waals surface area contributed by atoms with Gasteiger partial charge in [-0.3, -0.25) is 4.79 Å². The third kappa shape index (κ3) is 4.01. The van der Waals surface area contributed by atoms with Crippen molar-refractivity contribution in [1.82, 2.24) is 0 Å². The summed E-state index contributed by atoms with van der Waals surface area (Å²) >= 11 is 16.8. The third-order valence-electron chi connectivity index (χ3n) is 2.10. The molecule has 0 saturated heterocycles. The average Bonchev–Trinajstić information content (AvgIpc) is 2.24. The molecular weight excluding hydrogens is 293 g/mol. The van der Waals surface area contributed by atoms with Crippen molar-refractivity contribution in [2.75, 3.05) is 10.6 Å². The Morgan fingerprint density at radius 3 is 2.06 bits per heavy atom. The molecule has 0 aliphatic heterocycles. The summed E-state index contributed by atoms with van der Waals surface area (Å²) in [5.74, 6) is -0.280. The van der Waals surface area contributed by atoms with Crippen molar-refractivity contribution in [3.8, 4) is 0 Å². The number of carbonyl (C=O) groups is 1. The number of anilines is 2. The standard InChI is InChI=1S/C11H13Cl2N3OS/c1-5(2)10(17)15-8-3-7(13)9(4-6(8)12)16-11(14)18/h3-5H,1-2H3,(H,15,17)(H3,14,16,18). The van der Waals surface area contributed by atoms with E-state index in [0.29, 0.717) is 21.4 Å². The second-order valence-electron chi connectivity index (χ2n) is 3.95. The first-order chi connectivity index (χ1) is 8.31. The predicted molar refractivity (Wildman–Crippen MR) is 80.3 cm³/mol. The Bertz CT molecular complexity index is 491. The number of halogens is 2. The Morgan fingerprint density at radius 2 is 1.67 bits per heavy atom. The van der Waals surface area contributed by atoms with Crippen molar-refractivity contribution in [2.45, 2.75) is 13.8 Å². The smallest absolute Gasteiger partial charge is 0.226 e. The minimum absolute atomic E-state index is 0.0898. The lowest BCUT2D eigenvalue weighted by atomic mass is 10.2. The minimum atomic E-state index is -0.144. The van der Waals surface area contributed by atoms with Gasteiger partial charge in [-0.15, -0.1) is 0 Å². The van der Waals surface area contributed by atoms with Gasteiger partial charge in [0, 0.05) is 5.92 Å². The fourth-order valence-electron chi connectivity index (χ4n) is 1.15. The minimum Gasteiger partial charge on any atom is -0.376 e. The van der Waals surface area contributed by atoms with Crippen LogP contribution >= 0.6 is 35.4 Å². The summed E-state index contributed by atoms with van der Waals surface area (Å²) in [6, 6.07) is 3.10. The van der Waals surface area contributed by atoms with Crippen molar-refractivity contribution in [2.24, 2.45) is 11.7 Å². The number of hydrogen-bond donors (Lipinski definition) is 3. The molecule has 18 heavy (non-hydrogen) atoms. The summed E-state index contributed by atoms with van der Waals surface area (Å²) in [7, 11) is 0. The van der Waals surface area contributed by atoms with Crippen LogP contribution in [0, 0.1) is 5.92 Å². The van der Waals surface area contributed by atoms with Crippen molar-refractivity contribution in [3.05, 3.63) is 22.2 Å². The molecule has 7 heteroatoms. The Labute approximate surface area is 121 Å². The van der Waals surface area contributed by atoms with Gasteiger partial charge in [-0.25, -0.2) is 0 Å². The molecule has 0 radical (unpaired) electrons. The van der Waals surface area contributed by atoms with Gasteiger partial charge in [0.15, 0.2) is 5.11 Å². The number of hydrogen-bond acceptors (Lipinski definition) is 2. The molecule has 0 fully saturated rings. The SMILES string of the molecule is CC(C)C(=O)Nc1cc(Cl)c(NC(N)=S)cc1Cl. The van der Waals surface area contributed by atoms with Gasteiger partial charge in [-0.2, -0.15) is 0 Å². The zero-order valence-electron chi connectivity index (χ0n) is 9.88. The van der Waals surface area contributed by atoms with Gasteiger partial charge < -0.3 is 16.4 Å². The van der Waals surface area contributed by atoms with Crippen LogP contribution in [0.2, 0.25) is 10.0 Å². The molecular formula is C11H13Cl2N3OS. The fraction of sp³-hybridized carbons (Fsp3) is 0.273. The van der Waals surface area contributed by atoms with E-state index >= 15 is 0 Å². The summed E-state index contributed by atoms with van der Waals surface area (Å²) in [5, 5.41) is 6.19. The summed E-state index contributed by atoms with van der Waals surface area (Å²) < 4.78 is 0. The van der Waals surface area contributed by atoms with Crippen LogP contribution in [0.3, 0.4) is 0 Å². The maximum Gasteiger partial charge on any atom is 0.226 e. The van der Waals surface area contributed by atoms with Crippen molar-refractivity contribution < 1.29 is 4.79 Å². The largest absolute Gasteiger partial charge is 0.376 e. The lowest BCUT2D eigenvalue weighted by Crippen LogP contribution is -2.20. The zero-order chi connectivity index (χ0) is 13.9. The summed E-state index contributed by atoms with van der Waals surface area (Å²) in [6.45, 7) is 3.57. The van der Waals surface area contributed by atoms with Gasteiger partial charge >= 0.3 is 0 Å².